The fourth-order valence-corrected chi connectivity index (χ4v) is 3.01. The van der Waals surface area contributed by atoms with Crippen molar-refractivity contribution in [3.05, 3.63) is 39.2 Å². The Bertz CT molecular complexity index is 690. The Morgan fingerprint density at radius 2 is 2.18 bits per heavy atom. The van der Waals surface area contributed by atoms with Crippen LogP contribution in [-0.2, 0) is 6.42 Å². The van der Waals surface area contributed by atoms with Gasteiger partial charge in [0, 0.05) is 23.6 Å². The molecule has 0 fully saturated rings. The molecule has 7 heteroatoms. The van der Waals surface area contributed by atoms with Crippen molar-refractivity contribution in [3.8, 4) is 0 Å². The second-order valence-corrected chi connectivity index (χ2v) is 5.76. The molecule has 0 spiro atoms. The predicted octanol–water partition coefficient (Wildman–Crippen LogP) is 3.19. The van der Waals surface area contributed by atoms with Crippen molar-refractivity contribution in [2.75, 3.05) is 0 Å². The molecule has 1 amide bonds. The summed E-state index contributed by atoms with van der Waals surface area (Å²) in [6.07, 6.45) is 1.10. The highest BCUT2D eigenvalue weighted by Gasteiger charge is 2.23. The number of aromatic nitrogens is 1. The number of furan rings is 1. The summed E-state index contributed by atoms with van der Waals surface area (Å²) in [4.78, 5) is 27.8. The first-order valence-corrected chi connectivity index (χ1v) is 7.93. The zero-order valence-electron chi connectivity index (χ0n) is 12.7. The molecule has 0 aromatic carbocycles. The minimum Gasteiger partial charge on any atom is -0.478 e. The van der Waals surface area contributed by atoms with E-state index in [9.17, 15) is 9.59 Å². The molecular formula is C15H18N2O4S. The van der Waals surface area contributed by atoms with Crippen LogP contribution in [0.4, 0.5) is 0 Å². The lowest BCUT2D eigenvalue weighted by Crippen LogP contribution is -2.27. The highest BCUT2D eigenvalue weighted by atomic mass is 32.1. The van der Waals surface area contributed by atoms with Crippen molar-refractivity contribution >= 4 is 23.2 Å². The van der Waals surface area contributed by atoms with Gasteiger partial charge in [-0.3, -0.25) is 4.79 Å². The zero-order chi connectivity index (χ0) is 16.3. The summed E-state index contributed by atoms with van der Waals surface area (Å²) in [5.74, 6) is -1.21. The standard InChI is InChI=1S/C15H18N2O4S/c1-4-10(14-16-8(3)7-22-14)17-13(18)12-6-9(15(19)20)11(5-2)21-12/h6-7,10H,4-5H2,1-3H3,(H,17,18)(H,19,20). The van der Waals surface area contributed by atoms with E-state index in [0.717, 1.165) is 10.7 Å². The van der Waals surface area contributed by atoms with E-state index in [1.807, 2.05) is 19.2 Å². The van der Waals surface area contributed by atoms with Gasteiger partial charge in [0.25, 0.3) is 5.91 Å². The number of nitrogens with zero attached hydrogens (tertiary/aromatic N) is 1. The van der Waals surface area contributed by atoms with E-state index in [0.29, 0.717) is 18.6 Å². The average molecular weight is 322 g/mol. The molecule has 2 heterocycles. The van der Waals surface area contributed by atoms with Gasteiger partial charge in [0.05, 0.1) is 6.04 Å². The van der Waals surface area contributed by atoms with Gasteiger partial charge in [-0.2, -0.15) is 0 Å². The van der Waals surface area contributed by atoms with Crippen LogP contribution in [0, 0.1) is 6.92 Å². The van der Waals surface area contributed by atoms with Gasteiger partial charge in [-0.25, -0.2) is 9.78 Å². The molecule has 1 unspecified atom stereocenters. The van der Waals surface area contributed by atoms with E-state index >= 15 is 0 Å². The van der Waals surface area contributed by atoms with Gasteiger partial charge < -0.3 is 14.8 Å². The summed E-state index contributed by atoms with van der Waals surface area (Å²) in [5.41, 5.74) is 0.943. The molecule has 0 radical (unpaired) electrons. The molecule has 22 heavy (non-hydrogen) atoms. The highest BCUT2D eigenvalue weighted by Crippen LogP contribution is 2.22. The number of nitrogens with one attached hydrogen (secondary N) is 1. The molecule has 118 valence electrons. The SMILES string of the molecule is CCc1oc(C(=O)NC(CC)c2nc(C)cs2)cc1C(=O)O. The van der Waals surface area contributed by atoms with Crippen LogP contribution in [0.5, 0.6) is 0 Å². The van der Waals surface area contributed by atoms with Crippen LogP contribution in [0.2, 0.25) is 0 Å². The third-order valence-electron chi connectivity index (χ3n) is 3.23. The minimum atomic E-state index is -1.10. The van der Waals surface area contributed by atoms with E-state index in [-0.39, 0.29) is 17.4 Å². The maximum Gasteiger partial charge on any atom is 0.339 e. The number of hydrogen-bond donors (Lipinski definition) is 2. The van der Waals surface area contributed by atoms with Crippen LogP contribution in [0.1, 0.15) is 63.7 Å². The molecule has 0 saturated carbocycles. The van der Waals surface area contributed by atoms with Gasteiger partial charge in [-0.15, -0.1) is 11.3 Å². The topological polar surface area (TPSA) is 92.4 Å². The normalized spacial score (nSPS) is 12.1. The van der Waals surface area contributed by atoms with Gasteiger partial charge in [0.2, 0.25) is 0 Å². The third-order valence-corrected chi connectivity index (χ3v) is 4.31. The van der Waals surface area contributed by atoms with Crippen LogP contribution in [-0.4, -0.2) is 22.0 Å². The maximum atomic E-state index is 12.3. The van der Waals surface area contributed by atoms with Crippen molar-refractivity contribution in [2.24, 2.45) is 0 Å². The zero-order valence-corrected chi connectivity index (χ0v) is 13.5. The van der Waals surface area contributed by atoms with Crippen molar-refractivity contribution in [3.63, 3.8) is 0 Å². The lowest BCUT2D eigenvalue weighted by Gasteiger charge is -2.13. The molecule has 2 aromatic heterocycles. The molecule has 2 N–H and O–H groups in total. The second kappa shape index (κ2) is 6.74. The number of thiazole rings is 1. The summed E-state index contributed by atoms with van der Waals surface area (Å²) in [5, 5.41) is 14.7. The number of carboxylic acid groups (broad SMARTS) is 1. The van der Waals surface area contributed by atoms with Crippen molar-refractivity contribution in [1.82, 2.24) is 10.3 Å². The Balaban J connectivity index is 2.19. The Morgan fingerprint density at radius 1 is 1.45 bits per heavy atom. The summed E-state index contributed by atoms with van der Waals surface area (Å²) < 4.78 is 5.36. The van der Waals surface area contributed by atoms with E-state index < -0.39 is 11.9 Å². The number of aryl methyl sites for hydroxylation is 2. The van der Waals surface area contributed by atoms with Crippen LogP contribution < -0.4 is 5.32 Å². The van der Waals surface area contributed by atoms with E-state index in [1.54, 1.807) is 6.92 Å². The first-order valence-electron chi connectivity index (χ1n) is 7.05. The lowest BCUT2D eigenvalue weighted by molar-refractivity contribution is 0.0694. The summed E-state index contributed by atoms with van der Waals surface area (Å²) in [6.45, 7) is 5.62. The molecule has 0 saturated heterocycles. The number of carboxylic acids is 1. The first kappa shape index (κ1) is 16.2. The molecule has 2 aromatic rings. The fraction of sp³-hybridized carbons (Fsp3) is 0.400. The van der Waals surface area contributed by atoms with E-state index in [1.165, 1.54) is 17.4 Å². The quantitative estimate of drug-likeness (QED) is 0.852. The number of carbonyl (C=O) groups is 2. The lowest BCUT2D eigenvalue weighted by atomic mass is 10.2. The molecule has 0 aliphatic rings. The second-order valence-electron chi connectivity index (χ2n) is 4.87. The number of amides is 1. The summed E-state index contributed by atoms with van der Waals surface area (Å²) in [6, 6.07) is 1.06. The molecule has 1 atom stereocenters. The van der Waals surface area contributed by atoms with Crippen LogP contribution in [0.25, 0.3) is 0 Å². The summed E-state index contributed by atoms with van der Waals surface area (Å²) >= 11 is 1.49. The first-order chi connectivity index (χ1) is 10.5. The Morgan fingerprint density at radius 3 is 2.64 bits per heavy atom. The molecular weight excluding hydrogens is 304 g/mol. The number of rotatable bonds is 6. The number of aromatic carboxylic acids is 1. The largest absolute Gasteiger partial charge is 0.478 e. The van der Waals surface area contributed by atoms with Crippen LogP contribution in [0.15, 0.2) is 15.9 Å². The van der Waals surface area contributed by atoms with Crippen molar-refractivity contribution in [2.45, 2.75) is 39.7 Å². The van der Waals surface area contributed by atoms with E-state index in [2.05, 4.69) is 10.3 Å². The molecule has 0 bridgehead atoms. The monoisotopic (exact) mass is 322 g/mol. The van der Waals surface area contributed by atoms with Crippen LogP contribution in [0.3, 0.4) is 0 Å². The van der Waals surface area contributed by atoms with Gasteiger partial charge in [0.1, 0.15) is 16.3 Å². The minimum absolute atomic E-state index is 0.0148. The Labute approximate surface area is 132 Å². The van der Waals surface area contributed by atoms with Gasteiger partial charge in [0.15, 0.2) is 5.76 Å². The van der Waals surface area contributed by atoms with Gasteiger partial charge in [-0.1, -0.05) is 13.8 Å². The average Bonchev–Trinajstić information content (AvgIpc) is 3.10. The smallest absolute Gasteiger partial charge is 0.339 e. The van der Waals surface area contributed by atoms with Gasteiger partial charge >= 0.3 is 5.97 Å². The van der Waals surface area contributed by atoms with E-state index in [4.69, 9.17) is 9.52 Å². The van der Waals surface area contributed by atoms with Crippen LogP contribution >= 0.6 is 11.3 Å². The Kier molecular flexibility index (Phi) is 4.97. The summed E-state index contributed by atoms with van der Waals surface area (Å²) in [7, 11) is 0. The molecule has 0 aliphatic carbocycles. The fourth-order valence-electron chi connectivity index (χ4n) is 2.08. The molecule has 6 nitrogen and oxygen atoms in total. The van der Waals surface area contributed by atoms with Gasteiger partial charge in [-0.05, 0) is 13.3 Å². The highest BCUT2D eigenvalue weighted by molar-refractivity contribution is 7.09. The third kappa shape index (κ3) is 3.36. The Hall–Kier alpha value is -2.15. The number of hydrogen-bond acceptors (Lipinski definition) is 5. The molecule has 0 aliphatic heterocycles. The predicted molar refractivity (Wildman–Crippen MR) is 82.4 cm³/mol. The molecule has 2 rings (SSSR count). The maximum absolute atomic E-state index is 12.3. The van der Waals surface area contributed by atoms with Crippen molar-refractivity contribution < 1.29 is 19.1 Å². The number of carbonyl (C=O) groups excluding carboxylic acids is 1. The van der Waals surface area contributed by atoms with Crippen molar-refractivity contribution in [1.29, 1.82) is 0 Å².